The van der Waals surface area contributed by atoms with Gasteiger partial charge in [-0.2, -0.15) is 0 Å². The standard InChI is InChI=1S/C13H15N3S/c1-3-5-12-15-16-13(17-12)14-9-11-7-4-6-10(2)8-11/h4,6-9H,3,5H2,1-2H3. The molecule has 88 valence electrons. The maximum Gasteiger partial charge on any atom is 0.231 e. The van der Waals surface area contributed by atoms with E-state index in [2.05, 4.69) is 41.2 Å². The third-order valence-electron chi connectivity index (χ3n) is 2.29. The molecule has 1 aromatic carbocycles. The van der Waals surface area contributed by atoms with Crippen molar-refractivity contribution >= 4 is 22.7 Å². The summed E-state index contributed by atoms with van der Waals surface area (Å²) in [6.45, 7) is 4.21. The van der Waals surface area contributed by atoms with E-state index in [1.54, 1.807) is 11.3 Å². The van der Waals surface area contributed by atoms with Crippen LogP contribution in [0.15, 0.2) is 29.3 Å². The highest BCUT2D eigenvalue weighted by Crippen LogP contribution is 2.19. The summed E-state index contributed by atoms with van der Waals surface area (Å²) in [7, 11) is 0. The predicted molar refractivity (Wildman–Crippen MR) is 72.3 cm³/mol. The molecular formula is C13H15N3S. The van der Waals surface area contributed by atoms with Crippen LogP contribution in [-0.2, 0) is 6.42 Å². The van der Waals surface area contributed by atoms with Crippen molar-refractivity contribution in [1.82, 2.24) is 10.2 Å². The number of nitrogens with zero attached hydrogens (tertiary/aromatic N) is 3. The van der Waals surface area contributed by atoms with Crippen LogP contribution < -0.4 is 0 Å². The zero-order chi connectivity index (χ0) is 12.1. The minimum Gasteiger partial charge on any atom is -0.226 e. The van der Waals surface area contributed by atoms with Gasteiger partial charge in [-0.1, -0.05) is 48.1 Å². The zero-order valence-corrected chi connectivity index (χ0v) is 10.9. The van der Waals surface area contributed by atoms with E-state index in [0.717, 1.165) is 28.5 Å². The lowest BCUT2D eigenvalue weighted by Gasteiger charge is -1.93. The second-order valence-electron chi connectivity index (χ2n) is 3.90. The van der Waals surface area contributed by atoms with E-state index in [1.165, 1.54) is 5.56 Å². The maximum absolute atomic E-state index is 4.34. The van der Waals surface area contributed by atoms with Crippen molar-refractivity contribution in [3.8, 4) is 0 Å². The summed E-state index contributed by atoms with van der Waals surface area (Å²) < 4.78 is 0. The quantitative estimate of drug-likeness (QED) is 0.773. The molecule has 17 heavy (non-hydrogen) atoms. The average Bonchev–Trinajstić information content (AvgIpc) is 2.75. The number of hydrogen-bond donors (Lipinski definition) is 0. The molecule has 0 atom stereocenters. The topological polar surface area (TPSA) is 38.1 Å². The number of hydrogen-bond acceptors (Lipinski definition) is 4. The van der Waals surface area contributed by atoms with Crippen LogP contribution in [0.2, 0.25) is 0 Å². The molecular weight excluding hydrogens is 230 g/mol. The Morgan fingerprint density at radius 2 is 2.24 bits per heavy atom. The molecule has 1 heterocycles. The number of rotatable bonds is 4. The lowest BCUT2D eigenvalue weighted by atomic mass is 10.2. The number of benzene rings is 1. The van der Waals surface area contributed by atoms with Crippen molar-refractivity contribution in [3.05, 3.63) is 40.4 Å². The smallest absolute Gasteiger partial charge is 0.226 e. The Balaban J connectivity index is 2.09. The Bertz CT molecular complexity index is 517. The Hall–Kier alpha value is -1.55. The van der Waals surface area contributed by atoms with Crippen LogP contribution in [-0.4, -0.2) is 16.4 Å². The highest BCUT2D eigenvalue weighted by Gasteiger charge is 2.00. The van der Waals surface area contributed by atoms with Gasteiger partial charge in [-0.05, 0) is 18.9 Å². The maximum atomic E-state index is 4.34. The molecule has 0 aliphatic rings. The van der Waals surface area contributed by atoms with Gasteiger partial charge in [-0.15, -0.1) is 10.2 Å². The Morgan fingerprint density at radius 1 is 1.35 bits per heavy atom. The predicted octanol–water partition coefficient (Wildman–Crippen LogP) is 3.55. The van der Waals surface area contributed by atoms with Crippen LogP contribution in [0.1, 0.15) is 29.5 Å². The highest BCUT2D eigenvalue weighted by molar-refractivity contribution is 7.14. The Morgan fingerprint density at radius 3 is 3.00 bits per heavy atom. The number of aromatic nitrogens is 2. The van der Waals surface area contributed by atoms with E-state index in [9.17, 15) is 0 Å². The lowest BCUT2D eigenvalue weighted by Crippen LogP contribution is -1.81. The first-order chi connectivity index (χ1) is 8.28. The summed E-state index contributed by atoms with van der Waals surface area (Å²) in [4.78, 5) is 4.34. The van der Waals surface area contributed by atoms with Crippen molar-refractivity contribution < 1.29 is 0 Å². The SMILES string of the molecule is CCCc1nnc(N=Cc2cccc(C)c2)s1. The monoisotopic (exact) mass is 245 g/mol. The lowest BCUT2D eigenvalue weighted by molar-refractivity contribution is 0.878. The Kier molecular flexibility index (Phi) is 3.98. The van der Waals surface area contributed by atoms with E-state index >= 15 is 0 Å². The van der Waals surface area contributed by atoms with Crippen LogP contribution in [0.25, 0.3) is 0 Å². The van der Waals surface area contributed by atoms with Gasteiger partial charge in [0.2, 0.25) is 5.13 Å². The molecule has 2 rings (SSSR count). The van der Waals surface area contributed by atoms with Gasteiger partial charge in [-0.25, -0.2) is 4.99 Å². The molecule has 3 nitrogen and oxygen atoms in total. The molecule has 0 saturated carbocycles. The van der Waals surface area contributed by atoms with Crippen molar-refractivity contribution in [1.29, 1.82) is 0 Å². The first-order valence-corrected chi connectivity index (χ1v) is 6.52. The Labute approximate surface area is 105 Å². The fourth-order valence-corrected chi connectivity index (χ4v) is 2.28. The van der Waals surface area contributed by atoms with Gasteiger partial charge >= 0.3 is 0 Å². The molecule has 0 N–H and O–H groups in total. The summed E-state index contributed by atoms with van der Waals surface area (Å²) in [5.74, 6) is 0. The van der Waals surface area contributed by atoms with Crippen LogP contribution in [0, 0.1) is 6.92 Å². The molecule has 0 spiro atoms. The van der Waals surface area contributed by atoms with Crippen LogP contribution in [0.5, 0.6) is 0 Å². The van der Waals surface area contributed by atoms with Gasteiger partial charge in [0.25, 0.3) is 0 Å². The van der Waals surface area contributed by atoms with Crippen LogP contribution >= 0.6 is 11.3 Å². The van der Waals surface area contributed by atoms with Gasteiger partial charge in [0.1, 0.15) is 5.01 Å². The summed E-state index contributed by atoms with van der Waals surface area (Å²) in [5.41, 5.74) is 2.33. The van der Waals surface area contributed by atoms with Gasteiger partial charge in [0, 0.05) is 12.6 Å². The largest absolute Gasteiger partial charge is 0.231 e. The van der Waals surface area contributed by atoms with E-state index in [4.69, 9.17) is 0 Å². The average molecular weight is 245 g/mol. The molecule has 2 aromatic rings. The van der Waals surface area contributed by atoms with Gasteiger partial charge in [-0.3, -0.25) is 0 Å². The molecule has 0 amide bonds. The van der Waals surface area contributed by atoms with E-state index in [0.29, 0.717) is 0 Å². The third kappa shape index (κ3) is 3.46. The molecule has 0 unspecified atom stereocenters. The van der Waals surface area contributed by atoms with E-state index in [-0.39, 0.29) is 0 Å². The molecule has 0 bridgehead atoms. The fourth-order valence-electron chi connectivity index (χ4n) is 1.49. The second-order valence-corrected chi connectivity index (χ2v) is 4.94. The molecule has 0 saturated heterocycles. The minimum absolute atomic E-state index is 0.731. The number of aryl methyl sites for hydroxylation is 2. The molecule has 0 radical (unpaired) electrons. The van der Waals surface area contributed by atoms with Gasteiger partial charge in [0.15, 0.2) is 0 Å². The van der Waals surface area contributed by atoms with Crippen LogP contribution in [0.3, 0.4) is 0 Å². The molecule has 1 aromatic heterocycles. The zero-order valence-electron chi connectivity index (χ0n) is 10.1. The van der Waals surface area contributed by atoms with Crippen molar-refractivity contribution in [3.63, 3.8) is 0 Å². The molecule has 0 aliphatic heterocycles. The normalized spacial score (nSPS) is 11.2. The van der Waals surface area contributed by atoms with Crippen molar-refractivity contribution in [2.24, 2.45) is 4.99 Å². The van der Waals surface area contributed by atoms with E-state index in [1.807, 2.05) is 18.3 Å². The summed E-state index contributed by atoms with van der Waals surface area (Å²) >= 11 is 1.56. The van der Waals surface area contributed by atoms with E-state index < -0.39 is 0 Å². The summed E-state index contributed by atoms with van der Waals surface area (Å²) in [6, 6.07) is 8.23. The molecule has 0 aliphatic carbocycles. The van der Waals surface area contributed by atoms with Crippen molar-refractivity contribution in [2.45, 2.75) is 26.7 Å². The minimum atomic E-state index is 0.731. The van der Waals surface area contributed by atoms with Gasteiger partial charge < -0.3 is 0 Å². The first kappa shape index (κ1) is 11.9. The summed E-state index contributed by atoms with van der Waals surface area (Å²) in [6.07, 6.45) is 3.91. The summed E-state index contributed by atoms with van der Waals surface area (Å²) in [5, 5.41) is 9.92. The molecule has 4 heteroatoms. The third-order valence-corrected chi connectivity index (χ3v) is 3.18. The van der Waals surface area contributed by atoms with Gasteiger partial charge in [0.05, 0.1) is 0 Å². The second kappa shape index (κ2) is 5.68. The first-order valence-electron chi connectivity index (χ1n) is 5.71. The highest BCUT2D eigenvalue weighted by atomic mass is 32.1. The number of aliphatic imine (C=N–C) groups is 1. The fraction of sp³-hybridized carbons (Fsp3) is 0.308. The molecule has 0 fully saturated rings. The van der Waals surface area contributed by atoms with Crippen molar-refractivity contribution in [2.75, 3.05) is 0 Å². The van der Waals surface area contributed by atoms with Crippen LogP contribution in [0.4, 0.5) is 5.13 Å².